The molecule has 19 heavy (non-hydrogen) atoms. The Morgan fingerprint density at radius 3 is 2.63 bits per heavy atom. The number of ether oxygens (including phenoxy) is 1. The van der Waals surface area contributed by atoms with Crippen LogP contribution in [0.4, 0.5) is 10.1 Å². The van der Waals surface area contributed by atoms with Crippen molar-refractivity contribution < 1.29 is 13.9 Å². The molecule has 0 bridgehead atoms. The van der Waals surface area contributed by atoms with Crippen molar-refractivity contribution in [2.45, 2.75) is 26.3 Å². The van der Waals surface area contributed by atoms with Gasteiger partial charge in [0.2, 0.25) is 0 Å². The molecule has 1 rings (SSSR count). The third kappa shape index (κ3) is 5.96. The number of carbonyl (C=O) groups excluding carboxylic acids is 1. The fourth-order valence-corrected chi connectivity index (χ4v) is 2.28. The molecule has 3 nitrogen and oxygen atoms in total. The van der Waals surface area contributed by atoms with Crippen molar-refractivity contribution in [3.63, 3.8) is 0 Å². The average molecular weight is 285 g/mol. The van der Waals surface area contributed by atoms with E-state index in [1.807, 2.05) is 0 Å². The highest BCUT2D eigenvalue weighted by molar-refractivity contribution is 7.99. The van der Waals surface area contributed by atoms with Gasteiger partial charge in [-0.1, -0.05) is 6.92 Å². The summed E-state index contributed by atoms with van der Waals surface area (Å²) in [6.07, 6.45) is 0.689. The van der Waals surface area contributed by atoms with Crippen molar-refractivity contribution in [2.75, 3.05) is 23.4 Å². The second kappa shape index (κ2) is 8.80. The van der Waals surface area contributed by atoms with Gasteiger partial charge in [-0.2, -0.15) is 11.8 Å². The number of carbonyl (C=O) groups is 1. The number of esters is 1. The van der Waals surface area contributed by atoms with Gasteiger partial charge in [-0.15, -0.1) is 0 Å². The highest BCUT2D eigenvalue weighted by Crippen LogP contribution is 2.14. The standard InChI is InChI=1S/C14H20FNO2S/c1-3-18-14(17)13(9-10-19-4-2)16-12-7-5-11(15)6-8-12/h5-8,13,16H,3-4,9-10H2,1-2H3. The average Bonchev–Trinajstić information content (AvgIpc) is 2.40. The summed E-state index contributed by atoms with van der Waals surface area (Å²) >= 11 is 1.78. The maximum Gasteiger partial charge on any atom is 0.328 e. The SMILES string of the molecule is CCOC(=O)C(CCSCC)Nc1ccc(F)cc1. The fraction of sp³-hybridized carbons (Fsp3) is 0.500. The Balaban J connectivity index is 2.61. The van der Waals surface area contributed by atoms with Gasteiger partial charge < -0.3 is 10.1 Å². The molecule has 106 valence electrons. The topological polar surface area (TPSA) is 38.3 Å². The first-order valence-corrected chi connectivity index (χ1v) is 7.59. The number of benzene rings is 1. The summed E-state index contributed by atoms with van der Waals surface area (Å²) in [5.74, 6) is 1.35. The molecule has 0 fully saturated rings. The van der Waals surface area contributed by atoms with Crippen LogP contribution in [0.25, 0.3) is 0 Å². The van der Waals surface area contributed by atoms with Gasteiger partial charge in [0, 0.05) is 5.69 Å². The van der Waals surface area contributed by atoms with Gasteiger partial charge in [-0.25, -0.2) is 9.18 Å². The minimum Gasteiger partial charge on any atom is -0.464 e. The molecule has 0 aromatic heterocycles. The first-order valence-electron chi connectivity index (χ1n) is 6.43. The Labute approximate surface area is 117 Å². The summed E-state index contributed by atoms with van der Waals surface area (Å²) < 4.78 is 17.9. The largest absolute Gasteiger partial charge is 0.464 e. The van der Waals surface area contributed by atoms with Crippen LogP contribution >= 0.6 is 11.8 Å². The molecule has 0 saturated heterocycles. The molecule has 0 saturated carbocycles. The number of nitrogens with one attached hydrogen (secondary N) is 1. The third-order valence-corrected chi connectivity index (χ3v) is 3.44. The Bertz CT molecular complexity index is 384. The van der Waals surface area contributed by atoms with Gasteiger partial charge in [0.05, 0.1) is 6.61 Å². The van der Waals surface area contributed by atoms with Crippen LogP contribution in [0.2, 0.25) is 0 Å². The first-order chi connectivity index (χ1) is 9.17. The van der Waals surface area contributed by atoms with Crippen LogP contribution in [0.1, 0.15) is 20.3 Å². The van der Waals surface area contributed by atoms with Crippen LogP contribution in [-0.2, 0) is 9.53 Å². The first kappa shape index (κ1) is 15.8. The number of halogens is 1. The number of hydrogen-bond donors (Lipinski definition) is 1. The van der Waals surface area contributed by atoms with E-state index in [0.717, 1.165) is 17.2 Å². The third-order valence-electron chi connectivity index (χ3n) is 2.51. The molecule has 1 aromatic carbocycles. The summed E-state index contributed by atoms with van der Waals surface area (Å²) in [5, 5.41) is 3.10. The Morgan fingerprint density at radius 2 is 2.05 bits per heavy atom. The summed E-state index contributed by atoms with van der Waals surface area (Å²) in [4.78, 5) is 11.8. The molecule has 1 atom stereocenters. The highest BCUT2D eigenvalue weighted by Gasteiger charge is 2.19. The van der Waals surface area contributed by atoms with E-state index >= 15 is 0 Å². The predicted octanol–water partition coefficient (Wildman–Crippen LogP) is 3.31. The molecule has 0 aliphatic heterocycles. The highest BCUT2D eigenvalue weighted by atomic mass is 32.2. The zero-order valence-corrected chi connectivity index (χ0v) is 12.1. The Kier molecular flexibility index (Phi) is 7.33. The van der Waals surface area contributed by atoms with Crippen LogP contribution in [-0.4, -0.2) is 30.1 Å². The Hall–Kier alpha value is -1.23. The lowest BCUT2D eigenvalue weighted by Crippen LogP contribution is -2.32. The van der Waals surface area contributed by atoms with Gasteiger partial charge in [0.25, 0.3) is 0 Å². The second-order valence-corrected chi connectivity index (χ2v) is 5.34. The van der Waals surface area contributed by atoms with Crippen LogP contribution in [0.3, 0.4) is 0 Å². The molecule has 1 N–H and O–H groups in total. The molecule has 0 aliphatic carbocycles. The maximum absolute atomic E-state index is 12.8. The molecule has 0 aliphatic rings. The molecule has 1 aromatic rings. The van der Waals surface area contributed by atoms with Crippen LogP contribution in [0.15, 0.2) is 24.3 Å². The molecule has 1 unspecified atom stereocenters. The fourth-order valence-electron chi connectivity index (χ4n) is 1.58. The Morgan fingerprint density at radius 1 is 1.37 bits per heavy atom. The quantitative estimate of drug-likeness (QED) is 0.587. The maximum atomic E-state index is 12.8. The number of anilines is 1. The monoisotopic (exact) mass is 285 g/mol. The predicted molar refractivity (Wildman–Crippen MR) is 78.1 cm³/mol. The second-order valence-electron chi connectivity index (χ2n) is 3.94. The van der Waals surface area contributed by atoms with Gasteiger partial charge in [-0.05, 0) is 49.1 Å². The smallest absolute Gasteiger partial charge is 0.328 e. The van der Waals surface area contributed by atoms with Crippen LogP contribution in [0.5, 0.6) is 0 Å². The van der Waals surface area contributed by atoms with E-state index < -0.39 is 0 Å². The van der Waals surface area contributed by atoms with E-state index in [1.54, 1.807) is 30.8 Å². The van der Waals surface area contributed by atoms with Crippen LogP contribution < -0.4 is 5.32 Å². The summed E-state index contributed by atoms with van der Waals surface area (Å²) in [6, 6.07) is 5.59. The number of rotatable bonds is 8. The normalized spacial score (nSPS) is 11.9. The van der Waals surface area contributed by atoms with Crippen molar-refractivity contribution in [3.05, 3.63) is 30.1 Å². The number of hydrogen-bond acceptors (Lipinski definition) is 4. The molecule has 0 radical (unpaired) electrons. The van der Waals surface area contributed by atoms with E-state index in [-0.39, 0.29) is 17.8 Å². The van der Waals surface area contributed by atoms with E-state index in [0.29, 0.717) is 13.0 Å². The van der Waals surface area contributed by atoms with Gasteiger partial charge >= 0.3 is 5.97 Å². The van der Waals surface area contributed by atoms with Crippen molar-refractivity contribution in [2.24, 2.45) is 0 Å². The molecular weight excluding hydrogens is 265 g/mol. The summed E-state index contributed by atoms with van der Waals surface area (Å²) in [5.41, 5.74) is 0.723. The van der Waals surface area contributed by atoms with Crippen molar-refractivity contribution in [1.82, 2.24) is 0 Å². The minimum atomic E-state index is -0.385. The lowest BCUT2D eigenvalue weighted by molar-refractivity contribution is -0.144. The van der Waals surface area contributed by atoms with Crippen molar-refractivity contribution in [3.8, 4) is 0 Å². The van der Waals surface area contributed by atoms with Gasteiger partial charge in [0.1, 0.15) is 11.9 Å². The molecule has 0 heterocycles. The zero-order valence-electron chi connectivity index (χ0n) is 11.3. The van der Waals surface area contributed by atoms with Crippen LogP contribution in [0, 0.1) is 5.82 Å². The van der Waals surface area contributed by atoms with Crippen molar-refractivity contribution >= 4 is 23.4 Å². The summed E-state index contributed by atoms with van der Waals surface area (Å²) in [7, 11) is 0. The minimum absolute atomic E-state index is 0.261. The van der Waals surface area contributed by atoms with E-state index in [1.165, 1.54) is 12.1 Å². The van der Waals surface area contributed by atoms with Gasteiger partial charge in [-0.3, -0.25) is 0 Å². The van der Waals surface area contributed by atoms with E-state index in [2.05, 4.69) is 12.2 Å². The molecule has 0 spiro atoms. The molecule has 5 heteroatoms. The zero-order chi connectivity index (χ0) is 14.1. The van der Waals surface area contributed by atoms with Crippen molar-refractivity contribution in [1.29, 1.82) is 0 Å². The summed E-state index contributed by atoms with van der Waals surface area (Å²) in [6.45, 7) is 4.23. The van der Waals surface area contributed by atoms with Gasteiger partial charge in [0.15, 0.2) is 0 Å². The lowest BCUT2D eigenvalue weighted by Gasteiger charge is -2.18. The molecular formula is C14H20FNO2S. The number of thioether (sulfide) groups is 1. The lowest BCUT2D eigenvalue weighted by atomic mass is 10.2. The molecule has 0 amide bonds. The van der Waals surface area contributed by atoms with E-state index in [4.69, 9.17) is 4.74 Å². The van der Waals surface area contributed by atoms with E-state index in [9.17, 15) is 9.18 Å².